The van der Waals surface area contributed by atoms with Gasteiger partial charge in [-0.3, -0.25) is 14.6 Å². The smallest absolute Gasteiger partial charge is 0.344 e. The number of rotatable bonds is 3. The van der Waals surface area contributed by atoms with Gasteiger partial charge >= 0.3 is 11.7 Å². The largest absolute Gasteiger partial charge is 0.480 e. The Morgan fingerprint density at radius 1 is 1.67 bits per heavy atom. The number of carboxylic acid groups (broad SMARTS) is 1. The summed E-state index contributed by atoms with van der Waals surface area (Å²) in [5, 5.41) is 12.1. The summed E-state index contributed by atoms with van der Waals surface area (Å²) in [6, 6.07) is -1.24. The van der Waals surface area contributed by atoms with Crippen LogP contribution in [0.1, 0.15) is 5.69 Å². The predicted octanol–water partition coefficient (Wildman–Crippen LogP) is -2.35. The van der Waals surface area contributed by atoms with Gasteiger partial charge in [-0.2, -0.15) is 5.10 Å². The van der Waals surface area contributed by atoms with E-state index in [4.69, 9.17) is 10.8 Å². The minimum absolute atomic E-state index is 0.0761. The Labute approximate surface area is 83.3 Å². The molecule has 15 heavy (non-hydrogen) atoms. The summed E-state index contributed by atoms with van der Waals surface area (Å²) in [5.41, 5.74) is 3.92. The molecule has 0 unspecified atom stereocenters. The van der Waals surface area contributed by atoms with Crippen LogP contribution in [0.15, 0.2) is 9.59 Å². The van der Waals surface area contributed by atoms with E-state index in [1.807, 2.05) is 4.98 Å². The molecule has 0 amide bonds. The number of H-pyrrole nitrogens is 1. The molecule has 0 aliphatic heterocycles. The van der Waals surface area contributed by atoms with Gasteiger partial charge in [-0.15, -0.1) is 0 Å². The highest BCUT2D eigenvalue weighted by molar-refractivity contribution is 5.72. The summed E-state index contributed by atoms with van der Waals surface area (Å²) in [4.78, 5) is 34.5. The van der Waals surface area contributed by atoms with Crippen LogP contribution in [-0.2, 0) is 11.3 Å². The minimum Gasteiger partial charge on any atom is -0.480 e. The lowest BCUT2D eigenvalue weighted by atomic mass is 10.3. The minimum atomic E-state index is -1.24. The molecule has 1 atom stereocenters. The predicted molar refractivity (Wildman–Crippen MR) is 49.5 cm³/mol. The topological polar surface area (TPSA) is 131 Å². The molecular weight excluding hydrogens is 204 g/mol. The number of aromatic nitrogens is 3. The summed E-state index contributed by atoms with van der Waals surface area (Å²) in [6.07, 6.45) is 0. The first kappa shape index (κ1) is 11.1. The lowest BCUT2D eigenvalue weighted by molar-refractivity contribution is -0.138. The molecular formula is C7H10N4O4. The van der Waals surface area contributed by atoms with Crippen LogP contribution in [0.4, 0.5) is 0 Å². The second-order valence-corrected chi connectivity index (χ2v) is 2.97. The maximum absolute atomic E-state index is 11.1. The lowest BCUT2D eigenvalue weighted by Crippen LogP contribution is -2.42. The molecule has 82 valence electrons. The van der Waals surface area contributed by atoms with E-state index in [1.54, 1.807) is 0 Å². The molecule has 0 aromatic carbocycles. The Bertz CT molecular complexity index is 488. The number of aryl methyl sites for hydroxylation is 1. The van der Waals surface area contributed by atoms with Gasteiger partial charge in [-0.1, -0.05) is 0 Å². The SMILES string of the molecule is Cc1nn(C[C@@H](N)C(=O)O)c(=O)[nH]c1=O. The van der Waals surface area contributed by atoms with Crippen molar-refractivity contribution in [2.75, 3.05) is 0 Å². The third-order valence-corrected chi connectivity index (χ3v) is 1.74. The van der Waals surface area contributed by atoms with Gasteiger partial charge in [0.1, 0.15) is 11.7 Å². The first-order valence-corrected chi connectivity index (χ1v) is 4.08. The second kappa shape index (κ2) is 4.05. The molecule has 0 saturated carbocycles. The van der Waals surface area contributed by atoms with Crippen molar-refractivity contribution < 1.29 is 9.90 Å². The van der Waals surface area contributed by atoms with Gasteiger partial charge in [0.05, 0.1) is 6.54 Å². The standard InChI is InChI=1S/C7H10N4O4/c1-3-5(12)9-7(15)11(10-3)2-4(8)6(13)14/h4H,2,8H2,1H3,(H,13,14)(H,9,12,15)/t4-/m1/s1. The average Bonchev–Trinajstić information content (AvgIpc) is 2.13. The summed E-state index contributed by atoms with van der Waals surface area (Å²) >= 11 is 0. The normalized spacial score (nSPS) is 12.4. The van der Waals surface area contributed by atoms with Gasteiger partial charge in [0.25, 0.3) is 5.56 Å². The first-order chi connectivity index (χ1) is 6.91. The fourth-order valence-electron chi connectivity index (χ4n) is 0.912. The Hall–Kier alpha value is -1.96. The number of carboxylic acids is 1. The highest BCUT2D eigenvalue weighted by Gasteiger charge is 2.14. The van der Waals surface area contributed by atoms with Crippen molar-refractivity contribution >= 4 is 5.97 Å². The maximum Gasteiger partial charge on any atom is 0.344 e. The molecule has 0 spiro atoms. The summed E-state index contributed by atoms with van der Waals surface area (Å²) in [7, 11) is 0. The molecule has 1 rings (SSSR count). The number of hydrogen-bond donors (Lipinski definition) is 3. The van der Waals surface area contributed by atoms with Crippen LogP contribution in [-0.4, -0.2) is 31.9 Å². The molecule has 1 aromatic heterocycles. The zero-order valence-electron chi connectivity index (χ0n) is 7.93. The van der Waals surface area contributed by atoms with E-state index in [2.05, 4.69) is 5.10 Å². The molecule has 0 saturated heterocycles. The van der Waals surface area contributed by atoms with E-state index < -0.39 is 23.3 Å². The Kier molecular flexibility index (Phi) is 3.00. The molecule has 0 bridgehead atoms. The molecule has 1 heterocycles. The van der Waals surface area contributed by atoms with Crippen molar-refractivity contribution in [3.8, 4) is 0 Å². The number of aromatic amines is 1. The van der Waals surface area contributed by atoms with Crippen molar-refractivity contribution in [3.05, 3.63) is 26.5 Å². The van der Waals surface area contributed by atoms with E-state index >= 15 is 0 Å². The molecule has 8 nitrogen and oxygen atoms in total. The molecule has 0 fully saturated rings. The van der Waals surface area contributed by atoms with E-state index in [-0.39, 0.29) is 12.2 Å². The van der Waals surface area contributed by atoms with Gasteiger partial charge < -0.3 is 10.8 Å². The van der Waals surface area contributed by atoms with Gasteiger partial charge in [0.15, 0.2) is 0 Å². The van der Waals surface area contributed by atoms with E-state index in [1.165, 1.54) is 6.92 Å². The summed E-state index contributed by atoms with van der Waals surface area (Å²) in [6.45, 7) is 1.12. The number of nitrogens with two attached hydrogens (primary N) is 1. The molecule has 1 aromatic rings. The highest BCUT2D eigenvalue weighted by atomic mass is 16.4. The molecule has 4 N–H and O–H groups in total. The summed E-state index contributed by atoms with van der Waals surface area (Å²) < 4.78 is 0.815. The van der Waals surface area contributed by atoms with Crippen LogP contribution in [0.2, 0.25) is 0 Å². The molecule has 0 aliphatic carbocycles. The van der Waals surface area contributed by atoms with Crippen molar-refractivity contribution in [3.63, 3.8) is 0 Å². The average molecular weight is 214 g/mol. The fourth-order valence-corrected chi connectivity index (χ4v) is 0.912. The van der Waals surface area contributed by atoms with Gasteiger partial charge in [-0.05, 0) is 6.92 Å². The van der Waals surface area contributed by atoms with Gasteiger partial charge in [-0.25, -0.2) is 9.48 Å². The number of nitrogens with one attached hydrogen (secondary N) is 1. The monoisotopic (exact) mass is 214 g/mol. The van der Waals surface area contributed by atoms with Gasteiger partial charge in [0.2, 0.25) is 0 Å². The van der Waals surface area contributed by atoms with Crippen LogP contribution < -0.4 is 17.0 Å². The van der Waals surface area contributed by atoms with Crippen LogP contribution in [0.5, 0.6) is 0 Å². The maximum atomic E-state index is 11.1. The van der Waals surface area contributed by atoms with Crippen molar-refractivity contribution in [2.24, 2.45) is 5.73 Å². The Morgan fingerprint density at radius 3 is 2.80 bits per heavy atom. The van der Waals surface area contributed by atoms with Crippen molar-refractivity contribution in [1.29, 1.82) is 0 Å². The number of carbonyl (C=O) groups is 1. The van der Waals surface area contributed by atoms with Crippen LogP contribution in [0, 0.1) is 6.92 Å². The summed E-state index contributed by atoms with van der Waals surface area (Å²) in [5.74, 6) is -1.24. The highest BCUT2D eigenvalue weighted by Crippen LogP contribution is 1.83. The molecule has 0 aliphatic rings. The van der Waals surface area contributed by atoms with Crippen LogP contribution >= 0.6 is 0 Å². The Morgan fingerprint density at radius 2 is 2.27 bits per heavy atom. The number of aliphatic carboxylic acids is 1. The first-order valence-electron chi connectivity index (χ1n) is 4.08. The molecule has 8 heteroatoms. The lowest BCUT2D eigenvalue weighted by Gasteiger charge is -2.07. The van der Waals surface area contributed by atoms with E-state index in [0.29, 0.717) is 0 Å². The third-order valence-electron chi connectivity index (χ3n) is 1.74. The van der Waals surface area contributed by atoms with Crippen molar-refractivity contribution in [1.82, 2.24) is 14.8 Å². The Balaban J connectivity index is 3.06. The zero-order chi connectivity index (χ0) is 11.6. The van der Waals surface area contributed by atoms with Crippen molar-refractivity contribution in [2.45, 2.75) is 19.5 Å². The number of hydrogen-bond acceptors (Lipinski definition) is 5. The number of nitrogens with zero attached hydrogens (tertiary/aromatic N) is 2. The zero-order valence-corrected chi connectivity index (χ0v) is 7.93. The second-order valence-electron chi connectivity index (χ2n) is 2.97. The quantitative estimate of drug-likeness (QED) is 0.516. The van der Waals surface area contributed by atoms with E-state index in [0.717, 1.165) is 4.68 Å². The third kappa shape index (κ3) is 2.50. The van der Waals surface area contributed by atoms with E-state index in [9.17, 15) is 14.4 Å². The molecule has 0 radical (unpaired) electrons. The van der Waals surface area contributed by atoms with Crippen LogP contribution in [0.3, 0.4) is 0 Å². The fraction of sp³-hybridized carbons (Fsp3) is 0.429. The van der Waals surface area contributed by atoms with Gasteiger partial charge in [0, 0.05) is 0 Å². The van der Waals surface area contributed by atoms with Crippen LogP contribution in [0.25, 0.3) is 0 Å².